The first-order chi connectivity index (χ1) is 6.66. The van der Waals surface area contributed by atoms with Crippen molar-refractivity contribution in [2.75, 3.05) is 0 Å². The van der Waals surface area contributed by atoms with E-state index in [4.69, 9.17) is 11.6 Å². The van der Waals surface area contributed by atoms with E-state index in [0.29, 0.717) is 5.82 Å². The maximum absolute atomic E-state index is 12.4. The molecule has 1 heterocycles. The van der Waals surface area contributed by atoms with E-state index < -0.39 is 6.43 Å². The third kappa shape index (κ3) is 1.85. The Kier molecular flexibility index (Phi) is 2.63. The third-order valence-corrected chi connectivity index (χ3v) is 2.62. The van der Waals surface area contributed by atoms with E-state index in [1.54, 1.807) is 0 Å². The summed E-state index contributed by atoms with van der Waals surface area (Å²) < 4.78 is 24.7. The van der Waals surface area contributed by atoms with Crippen molar-refractivity contribution in [3.8, 4) is 0 Å². The van der Waals surface area contributed by atoms with Gasteiger partial charge in [-0.05, 0) is 12.8 Å². The molecule has 0 saturated heterocycles. The minimum absolute atomic E-state index is 0.109. The zero-order valence-electron chi connectivity index (χ0n) is 7.38. The average Bonchev–Trinajstić information content (AvgIpc) is 1.99. The molecule has 0 amide bonds. The van der Waals surface area contributed by atoms with Gasteiger partial charge in [0.1, 0.15) is 16.7 Å². The van der Waals surface area contributed by atoms with Crippen LogP contribution in [0.5, 0.6) is 0 Å². The van der Waals surface area contributed by atoms with E-state index in [0.717, 1.165) is 25.3 Å². The van der Waals surface area contributed by atoms with Gasteiger partial charge in [0.15, 0.2) is 0 Å². The van der Waals surface area contributed by atoms with Crippen LogP contribution in [0.4, 0.5) is 8.78 Å². The molecule has 0 aliphatic heterocycles. The zero-order valence-corrected chi connectivity index (χ0v) is 8.14. The monoisotopic (exact) mass is 218 g/mol. The van der Waals surface area contributed by atoms with E-state index in [-0.39, 0.29) is 16.8 Å². The van der Waals surface area contributed by atoms with Crippen LogP contribution in [0, 0.1) is 0 Å². The Labute approximate surface area is 85.3 Å². The summed E-state index contributed by atoms with van der Waals surface area (Å²) in [5, 5.41) is 0.109. The fourth-order valence-electron chi connectivity index (χ4n) is 1.41. The maximum Gasteiger partial charge on any atom is 0.280 e. The van der Waals surface area contributed by atoms with Gasteiger partial charge in [-0.25, -0.2) is 18.7 Å². The van der Waals surface area contributed by atoms with Gasteiger partial charge in [-0.2, -0.15) is 0 Å². The molecule has 0 N–H and O–H groups in total. The van der Waals surface area contributed by atoms with Crippen molar-refractivity contribution >= 4 is 11.6 Å². The van der Waals surface area contributed by atoms with Crippen molar-refractivity contribution in [3.05, 3.63) is 22.7 Å². The van der Waals surface area contributed by atoms with Crippen molar-refractivity contribution in [2.24, 2.45) is 0 Å². The maximum atomic E-state index is 12.4. The molecule has 0 unspecified atom stereocenters. The highest BCUT2D eigenvalue weighted by Crippen LogP contribution is 2.35. The largest absolute Gasteiger partial charge is 0.280 e. The van der Waals surface area contributed by atoms with Gasteiger partial charge in [-0.1, -0.05) is 18.0 Å². The first-order valence-electron chi connectivity index (χ1n) is 4.49. The van der Waals surface area contributed by atoms with Gasteiger partial charge in [-0.15, -0.1) is 0 Å². The average molecular weight is 219 g/mol. The fourth-order valence-corrected chi connectivity index (χ4v) is 1.61. The lowest BCUT2D eigenvalue weighted by Gasteiger charge is -2.23. The van der Waals surface area contributed by atoms with Crippen LogP contribution >= 0.6 is 11.6 Å². The van der Waals surface area contributed by atoms with Crippen molar-refractivity contribution in [3.63, 3.8) is 0 Å². The minimum Gasteiger partial charge on any atom is -0.232 e. The SMILES string of the molecule is FC(F)c1cc(Cl)nc(C2CCC2)n1. The van der Waals surface area contributed by atoms with Crippen LogP contribution in [-0.4, -0.2) is 9.97 Å². The molecule has 5 heteroatoms. The minimum atomic E-state index is -2.57. The van der Waals surface area contributed by atoms with E-state index >= 15 is 0 Å². The molecule has 0 radical (unpaired) electrons. The summed E-state index contributed by atoms with van der Waals surface area (Å²) in [5.41, 5.74) is -0.271. The Morgan fingerprint density at radius 2 is 2.07 bits per heavy atom. The molecule has 2 rings (SSSR count). The predicted molar refractivity (Wildman–Crippen MR) is 48.6 cm³/mol. The molecular formula is C9H9ClF2N2. The molecule has 1 aliphatic carbocycles. The van der Waals surface area contributed by atoms with Gasteiger partial charge in [-0.3, -0.25) is 0 Å². The first kappa shape index (κ1) is 9.77. The number of hydrogen-bond acceptors (Lipinski definition) is 2. The van der Waals surface area contributed by atoms with Crippen molar-refractivity contribution in [2.45, 2.75) is 31.6 Å². The Balaban J connectivity index is 2.30. The second kappa shape index (κ2) is 3.77. The number of alkyl halides is 2. The van der Waals surface area contributed by atoms with Gasteiger partial charge >= 0.3 is 0 Å². The highest BCUT2D eigenvalue weighted by molar-refractivity contribution is 6.29. The zero-order chi connectivity index (χ0) is 10.1. The van der Waals surface area contributed by atoms with Crippen LogP contribution in [0.2, 0.25) is 5.15 Å². The molecular weight excluding hydrogens is 210 g/mol. The first-order valence-corrected chi connectivity index (χ1v) is 4.87. The summed E-state index contributed by atoms with van der Waals surface area (Å²) in [5.74, 6) is 0.699. The van der Waals surface area contributed by atoms with Crippen molar-refractivity contribution in [1.82, 2.24) is 9.97 Å². The highest BCUT2D eigenvalue weighted by Gasteiger charge is 2.24. The molecule has 1 aromatic heterocycles. The van der Waals surface area contributed by atoms with Crippen LogP contribution in [0.1, 0.15) is 43.1 Å². The van der Waals surface area contributed by atoms with E-state index in [9.17, 15) is 8.78 Å². The number of rotatable bonds is 2. The van der Waals surface area contributed by atoms with Crippen molar-refractivity contribution in [1.29, 1.82) is 0 Å². The fraction of sp³-hybridized carbons (Fsp3) is 0.556. The van der Waals surface area contributed by atoms with Crippen LogP contribution in [0.3, 0.4) is 0 Å². The molecule has 2 nitrogen and oxygen atoms in total. The summed E-state index contributed by atoms with van der Waals surface area (Å²) in [6.07, 6.45) is 0.491. The van der Waals surface area contributed by atoms with Crippen LogP contribution < -0.4 is 0 Å². The third-order valence-electron chi connectivity index (χ3n) is 2.43. The summed E-state index contributed by atoms with van der Waals surface area (Å²) in [4.78, 5) is 7.77. The molecule has 76 valence electrons. The standard InChI is InChI=1S/C9H9ClF2N2/c10-7-4-6(8(11)12)13-9(14-7)5-2-1-3-5/h4-5,8H,1-3H2. The molecule has 1 aliphatic rings. The van der Waals surface area contributed by atoms with Gasteiger partial charge in [0.2, 0.25) is 0 Å². The van der Waals surface area contributed by atoms with E-state index in [2.05, 4.69) is 9.97 Å². The summed E-state index contributed by atoms with van der Waals surface area (Å²) in [6, 6.07) is 1.12. The lowest BCUT2D eigenvalue weighted by Crippen LogP contribution is -2.13. The number of hydrogen-bond donors (Lipinski definition) is 0. The molecule has 1 saturated carbocycles. The molecule has 14 heavy (non-hydrogen) atoms. The second-order valence-electron chi connectivity index (χ2n) is 3.40. The second-order valence-corrected chi connectivity index (χ2v) is 3.79. The smallest absolute Gasteiger partial charge is 0.232 e. The number of aromatic nitrogens is 2. The van der Waals surface area contributed by atoms with Crippen LogP contribution in [0.15, 0.2) is 6.07 Å². The van der Waals surface area contributed by atoms with E-state index in [1.807, 2.05) is 0 Å². The summed E-state index contributed by atoms with van der Waals surface area (Å²) in [6.45, 7) is 0. The van der Waals surface area contributed by atoms with Gasteiger partial charge in [0.05, 0.1) is 0 Å². The van der Waals surface area contributed by atoms with Crippen LogP contribution in [-0.2, 0) is 0 Å². The highest BCUT2D eigenvalue weighted by atomic mass is 35.5. The molecule has 0 bridgehead atoms. The Morgan fingerprint density at radius 3 is 2.57 bits per heavy atom. The summed E-state index contributed by atoms with van der Waals surface area (Å²) in [7, 11) is 0. The number of nitrogens with zero attached hydrogens (tertiary/aromatic N) is 2. The van der Waals surface area contributed by atoms with Gasteiger partial charge in [0, 0.05) is 12.0 Å². The lowest BCUT2D eigenvalue weighted by molar-refractivity contribution is 0.145. The number of halogens is 3. The molecule has 0 aromatic carbocycles. The van der Waals surface area contributed by atoms with E-state index in [1.165, 1.54) is 0 Å². The topological polar surface area (TPSA) is 25.8 Å². The molecule has 1 fully saturated rings. The van der Waals surface area contributed by atoms with Gasteiger partial charge < -0.3 is 0 Å². The Bertz CT molecular complexity index is 340. The molecule has 0 spiro atoms. The predicted octanol–water partition coefficient (Wildman–Crippen LogP) is 3.34. The van der Waals surface area contributed by atoms with Crippen molar-refractivity contribution < 1.29 is 8.78 Å². The molecule has 0 atom stereocenters. The normalized spacial score (nSPS) is 17.1. The lowest BCUT2D eigenvalue weighted by atomic mass is 9.85. The van der Waals surface area contributed by atoms with Crippen LogP contribution in [0.25, 0.3) is 0 Å². The summed E-state index contributed by atoms with van der Waals surface area (Å²) >= 11 is 5.63. The van der Waals surface area contributed by atoms with Gasteiger partial charge in [0.25, 0.3) is 6.43 Å². The Morgan fingerprint density at radius 1 is 1.36 bits per heavy atom. The Hall–Kier alpha value is -0.770. The quantitative estimate of drug-likeness (QED) is 0.712. The molecule has 1 aromatic rings.